The molecule has 1 aliphatic carbocycles. The lowest BCUT2D eigenvalue weighted by Crippen LogP contribution is -2.51. The van der Waals surface area contributed by atoms with E-state index in [1.165, 1.54) is 25.7 Å². The number of amides is 2. The van der Waals surface area contributed by atoms with E-state index in [9.17, 15) is 9.59 Å². The zero-order valence-electron chi connectivity index (χ0n) is 13.5. The lowest BCUT2D eigenvalue weighted by Gasteiger charge is -2.35. The van der Waals surface area contributed by atoms with Gasteiger partial charge in [0.05, 0.1) is 0 Å². The third-order valence-corrected chi connectivity index (χ3v) is 6.55. The van der Waals surface area contributed by atoms with Crippen molar-refractivity contribution in [3.8, 4) is 0 Å². The molecule has 1 aliphatic heterocycles. The summed E-state index contributed by atoms with van der Waals surface area (Å²) in [7, 11) is 0. The van der Waals surface area contributed by atoms with Crippen molar-refractivity contribution in [2.24, 2.45) is 5.92 Å². The Labute approximate surface area is 132 Å². The number of nitrogens with one attached hydrogen (secondary N) is 1. The van der Waals surface area contributed by atoms with Crippen LogP contribution in [0.15, 0.2) is 0 Å². The number of thioether (sulfide) groups is 1. The van der Waals surface area contributed by atoms with Gasteiger partial charge in [0.15, 0.2) is 0 Å². The molecule has 2 aliphatic rings. The zero-order valence-corrected chi connectivity index (χ0v) is 14.3. The van der Waals surface area contributed by atoms with Crippen molar-refractivity contribution in [1.29, 1.82) is 0 Å². The summed E-state index contributed by atoms with van der Waals surface area (Å²) in [6.45, 7) is 5.49. The predicted octanol–water partition coefficient (Wildman–Crippen LogP) is 2.43. The molecule has 0 bridgehead atoms. The molecular weight excluding hydrogens is 284 g/mol. The topological polar surface area (TPSA) is 49.4 Å². The molecule has 0 aromatic heterocycles. The molecule has 1 saturated carbocycles. The van der Waals surface area contributed by atoms with Gasteiger partial charge in [0.2, 0.25) is 11.8 Å². The van der Waals surface area contributed by atoms with Gasteiger partial charge in [0, 0.05) is 24.3 Å². The molecule has 2 fully saturated rings. The van der Waals surface area contributed by atoms with Gasteiger partial charge in [-0.05, 0) is 25.0 Å². The summed E-state index contributed by atoms with van der Waals surface area (Å²) >= 11 is 1.90. The molecule has 1 saturated heterocycles. The van der Waals surface area contributed by atoms with Gasteiger partial charge >= 0.3 is 0 Å². The van der Waals surface area contributed by atoms with Crippen molar-refractivity contribution in [2.45, 2.75) is 63.2 Å². The monoisotopic (exact) mass is 312 g/mol. The van der Waals surface area contributed by atoms with Crippen LogP contribution < -0.4 is 5.32 Å². The Kier molecular flexibility index (Phi) is 5.58. The van der Waals surface area contributed by atoms with Crippen LogP contribution in [0.5, 0.6) is 0 Å². The fourth-order valence-electron chi connectivity index (χ4n) is 3.42. The van der Waals surface area contributed by atoms with Crippen LogP contribution in [0.4, 0.5) is 0 Å². The van der Waals surface area contributed by atoms with E-state index in [4.69, 9.17) is 0 Å². The van der Waals surface area contributed by atoms with E-state index < -0.39 is 0 Å². The average molecular weight is 312 g/mol. The number of carbonyl (C=O) groups excluding carboxylic acids is 2. The Hall–Kier alpha value is -0.710. The number of rotatable bonds is 5. The molecule has 2 rings (SSSR count). The van der Waals surface area contributed by atoms with Crippen LogP contribution in [0.2, 0.25) is 0 Å². The summed E-state index contributed by atoms with van der Waals surface area (Å²) in [6, 6.07) is -0.342. The molecule has 4 nitrogen and oxygen atoms in total. The van der Waals surface area contributed by atoms with Crippen LogP contribution >= 0.6 is 11.8 Å². The van der Waals surface area contributed by atoms with Crippen LogP contribution in [0.25, 0.3) is 0 Å². The number of hydrogen-bond acceptors (Lipinski definition) is 3. The van der Waals surface area contributed by atoms with E-state index in [0.29, 0.717) is 13.0 Å². The molecule has 1 N–H and O–H groups in total. The highest BCUT2D eigenvalue weighted by molar-refractivity contribution is 8.00. The maximum atomic E-state index is 12.8. The van der Waals surface area contributed by atoms with Crippen LogP contribution in [0.1, 0.15) is 52.4 Å². The second-order valence-electron chi connectivity index (χ2n) is 6.53. The Morgan fingerprint density at radius 2 is 2.05 bits per heavy atom. The largest absolute Gasteiger partial charge is 0.344 e. The first-order valence-corrected chi connectivity index (χ1v) is 9.37. The first-order valence-electron chi connectivity index (χ1n) is 8.14. The van der Waals surface area contributed by atoms with Gasteiger partial charge < -0.3 is 10.2 Å². The van der Waals surface area contributed by atoms with Gasteiger partial charge in [-0.15, -0.1) is 0 Å². The summed E-state index contributed by atoms with van der Waals surface area (Å²) in [5, 5.41) is 2.93. The third kappa shape index (κ3) is 3.74. The van der Waals surface area contributed by atoms with Crippen molar-refractivity contribution < 1.29 is 9.59 Å². The van der Waals surface area contributed by atoms with Gasteiger partial charge in [-0.2, -0.15) is 11.8 Å². The van der Waals surface area contributed by atoms with E-state index in [-0.39, 0.29) is 28.5 Å². The first kappa shape index (κ1) is 16.7. The van der Waals surface area contributed by atoms with Crippen molar-refractivity contribution in [1.82, 2.24) is 10.2 Å². The van der Waals surface area contributed by atoms with Gasteiger partial charge in [0.1, 0.15) is 6.04 Å². The van der Waals surface area contributed by atoms with Crippen molar-refractivity contribution in [3.63, 3.8) is 0 Å². The molecule has 0 aromatic carbocycles. The molecular formula is C16H28N2O2S. The van der Waals surface area contributed by atoms with Crippen molar-refractivity contribution in [3.05, 3.63) is 0 Å². The highest BCUT2D eigenvalue weighted by Gasteiger charge is 2.39. The number of carbonyl (C=O) groups is 2. The molecule has 0 aromatic rings. The summed E-state index contributed by atoms with van der Waals surface area (Å²) in [5.41, 5.74) is 0. The SMILES string of the molecule is CCC(C)C1NC(=O)CCN(CC2(SC)CCCC2)C1=O. The average Bonchev–Trinajstić information content (AvgIpc) is 2.91. The standard InChI is InChI=1S/C16H28N2O2S/c1-4-12(2)14-15(20)18(10-7-13(19)17-14)11-16(21-3)8-5-6-9-16/h12,14H,4-11H2,1-3H3,(H,17,19). The van der Waals surface area contributed by atoms with Crippen LogP contribution in [-0.4, -0.2) is 46.8 Å². The lowest BCUT2D eigenvalue weighted by atomic mass is 9.97. The Bertz CT molecular complexity index is 394. The second kappa shape index (κ2) is 7.03. The predicted molar refractivity (Wildman–Crippen MR) is 87.3 cm³/mol. The minimum Gasteiger partial charge on any atom is -0.344 e. The van der Waals surface area contributed by atoms with Crippen LogP contribution in [0.3, 0.4) is 0 Å². The molecule has 120 valence electrons. The summed E-state index contributed by atoms with van der Waals surface area (Å²) in [5.74, 6) is 0.326. The van der Waals surface area contributed by atoms with E-state index >= 15 is 0 Å². The second-order valence-corrected chi connectivity index (χ2v) is 7.81. The van der Waals surface area contributed by atoms with E-state index in [2.05, 4.69) is 18.5 Å². The normalized spacial score (nSPS) is 27.4. The minimum absolute atomic E-state index is 0.0146. The molecule has 2 amide bonds. The zero-order chi connectivity index (χ0) is 15.5. The van der Waals surface area contributed by atoms with Crippen LogP contribution in [-0.2, 0) is 9.59 Å². The summed E-state index contributed by atoms with van der Waals surface area (Å²) in [4.78, 5) is 26.7. The summed E-state index contributed by atoms with van der Waals surface area (Å²) in [6.07, 6.45) is 8.38. The van der Waals surface area contributed by atoms with E-state index in [1.807, 2.05) is 23.6 Å². The van der Waals surface area contributed by atoms with Gasteiger partial charge in [-0.25, -0.2) is 0 Å². The molecule has 5 heteroatoms. The number of hydrogen-bond donors (Lipinski definition) is 1. The molecule has 21 heavy (non-hydrogen) atoms. The molecule has 0 spiro atoms. The molecule has 2 unspecified atom stereocenters. The molecule has 1 heterocycles. The highest BCUT2D eigenvalue weighted by Crippen LogP contribution is 2.41. The molecule has 0 radical (unpaired) electrons. The van der Waals surface area contributed by atoms with Gasteiger partial charge in [-0.1, -0.05) is 33.1 Å². The Morgan fingerprint density at radius 3 is 2.62 bits per heavy atom. The summed E-state index contributed by atoms with van der Waals surface area (Å²) < 4.78 is 0.211. The molecule has 2 atom stereocenters. The van der Waals surface area contributed by atoms with Crippen molar-refractivity contribution >= 4 is 23.6 Å². The van der Waals surface area contributed by atoms with Gasteiger partial charge in [-0.3, -0.25) is 9.59 Å². The van der Waals surface area contributed by atoms with E-state index in [1.54, 1.807) is 0 Å². The highest BCUT2D eigenvalue weighted by atomic mass is 32.2. The fraction of sp³-hybridized carbons (Fsp3) is 0.875. The fourth-order valence-corrected chi connectivity index (χ4v) is 4.40. The minimum atomic E-state index is -0.342. The quantitative estimate of drug-likeness (QED) is 0.848. The lowest BCUT2D eigenvalue weighted by molar-refractivity contribution is -0.135. The first-order chi connectivity index (χ1) is 10.0. The number of nitrogens with zero attached hydrogens (tertiary/aromatic N) is 1. The maximum absolute atomic E-state index is 12.8. The van der Waals surface area contributed by atoms with Gasteiger partial charge in [0.25, 0.3) is 0 Å². The van der Waals surface area contributed by atoms with Crippen LogP contribution in [0, 0.1) is 5.92 Å². The van der Waals surface area contributed by atoms with Crippen molar-refractivity contribution in [2.75, 3.05) is 19.3 Å². The van der Waals surface area contributed by atoms with E-state index in [0.717, 1.165) is 13.0 Å². The Morgan fingerprint density at radius 1 is 1.38 bits per heavy atom. The smallest absolute Gasteiger partial charge is 0.245 e. The maximum Gasteiger partial charge on any atom is 0.245 e. The third-order valence-electron chi connectivity index (χ3n) is 5.14. The Balaban J connectivity index is 2.13.